The maximum atomic E-state index is 11.8. The number of carbonyl (C=O) groups excluding carboxylic acids is 1. The summed E-state index contributed by atoms with van der Waals surface area (Å²) < 4.78 is 17.2. The van der Waals surface area contributed by atoms with Crippen LogP contribution >= 0.6 is 15.9 Å². The second kappa shape index (κ2) is 9.44. The number of hydrogen-bond acceptors (Lipinski definition) is 5. The van der Waals surface area contributed by atoms with Crippen molar-refractivity contribution in [2.45, 2.75) is 26.0 Å². The lowest BCUT2D eigenvalue weighted by atomic mass is 10.0. The predicted octanol–water partition coefficient (Wildman–Crippen LogP) is 3.47. The van der Waals surface area contributed by atoms with E-state index in [0.29, 0.717) is 31.1 Å². The lowest BCUT2D eigenvalue weighted by Crippen LogP contribution is -2.34. The van der Waals surface area contributed by atoms with Crippen LogP contribution in [-0.2, 0) is 22.6 Å². The average Bonchev–Trinajstić information content (AvgIpc) is 2.61. The zero-order valence-electron chi connectivity index (χ0n) is 14.3. The quantitative estimate of drug-likeness (QED) is 0.678. The first-order valence-electron chi connectivity index (χ1n) is 8.00. The fourth-order valence-electron chi connectivity index (χ4n) is 2.39. The van der Waals surface area contributed by atoms with E-state index in [1.54, 1.807) is 14.0 Å². The molecule has 6 heteroatoms. The van der Waals surface area contributed by atoms with Crippen LogP contribution in [0.5, 0.6) is 11.5 Å². The monoisotopic (exact) mass is 407 g/mol. The van der Waals surface area contributed by atoms with Gasteiger partial charge in [-0.2, -0.15) is 0 Å². The predicted molar refractivity (Wildman–Crippen MR) is 99.8 cm³/mol. The zero-order valence-corrected chi connectivity index (χ0v) is 15.9. The summed E-state index contributed by atoms with van der Waals surface area (Å²) in [4.78, 5) is 11.8. The van der Waals surface area contributed by atoms with Crippen molar-refractivity contribution in [1.82, 2.24) is 0 Å². The summed E-state index contributed by atoms with van der Waals surface area (Å²) in [6.07, 6.45) is 0.290. The van der Waals surface area contributed by atoms with Crippen LogP contribution < -0.4 is 15.2 Å². The van der Waals surface area contributed by atoms with Gasteiger partial charge in [0.25, 0.3) is 0 Å². The maximum absolute atomic E-state index is 11.8. The van der Waals surface area contributed by atoms with Crippen LogP contribution in [-0.4, -0.2) is 25.7 Å². The lowest BCUT2D eigenvalue weighted by molar-refractivity contribution is -0.144. The highest BCUT2D eigenvalue weighted by Gasteiger charge is 2.20. The number of benzene rings is 2. The number of carbonyl (C=O) groups is 1. The van der Waals surface area contributed by atoms with Gasteiger partial charge in [-0.05, 0) is 24.6 Å². The number of esters is 1. The van der Waals surface area contributed by atoms with E-state index < -0.39 is 12.0 Å². The molecule has 5 nitrogen and oxygen atoms in total. The summed E-state index contributed by atoms with van der Waals surface area (Å²) in [5.41, 5.74) is 7.78. The minimum Gasteiger partial charge on any atom is -0.493 e. The highest BCUT2D eigenvalue weighted by molar-refractivity contribution is 9.10. The summed E-state index contributed by atoms with van der Waals surface area (Å²) >= 11 is 3.45. The van der Waals surface area contributed by atoms with Crippen molar-refractivity contribution in [1.29, 1.82) is 0 Å². The fourth-order valence-corrected chi connectivity index (χ4v) is 2.87. The van der Waals surface area contributed by atoms with E-state index in [-0.39, 0.29) is 0 Å². The molecule has 0 saturated carbocycles. The Bertz CT molecular complexity index is 706. The molecule has 0 fully saturated rings. The van der Waals surface area contributed by atoms with Gasteiger partial charge in [0.05, 0.1) is 13.7 Å². The van der Waals surface area contributed by atoms with E-state index in [2.05, 4.69) is 15.9 Å². The minimum atomic E-state index is -0.766. The lowest BCUT2D eigenvalue weighted by Gasteiger charge is -2.18. The Balaban J connectivity index is 2.24. The fraction of sp³-hybridized carbons (Fsp3) is 0.316. The van der Waals surface area contributed by atoms with Gasteiger partial charge < -0.3 is 19.9 Å². The molecule has 0 spiro atoms. The maximum Gasteiger partial charge on any atom is 0.323 e. The Kier molecular flexibility index (Phi) is 7.28. The summed E-state index contributed by atoms with van der Waals surface area (Å²) in [6, 6.07) is 12.8. The van der Waals surface area contributed by atoms with Gasteiger partial charge in [0.2, 0.25) is 0 Å². The first-order chi connectivity index (χ1) is 12.0. The smallest absolute Gasteiger partial charge is 0.323 e. The van der Waals surface area contributed by atoms with Gasteiger partial charge in [-0.25, -0.2) is 0 Å². The number of ether oxygens (including phenoxy) is 3. The van der Waals surface area contributed by atoms with Crippen molar-refractivity contribution in [3.8, 4) is 11.5 Å². The molecule has 0 aliphatic carbocycles. The molecule has 0 bridgehead atoms. The molecule has 134 valence electrons. The molecule has 2 N–H and O–H groups in total. The molecular formula is C19H22BrNO4. The number of halogens is 1. The standard InChI is InChI=1S/C19H22BrNO4/c1-3-24-19(22)16(21)10-14-9-15(20)11-17(23-2)18(14)25-12-13-7-5-4-6-8-13/h4-9,11,16H,3,10,12,21H2,1-2H3. The Morgan fingerprint density at radius 3 is 2.60 bits per heavy atom. The van der Waals surface area contributed by atoms with E-state index in [9.17, 15) is 4.79 Å². The number of methoxy groups -OCH3 is 1. The third-order valence-corrected chi connectivity index (χ3v) is 4.03. The molecule has 1 unspecified atom stereocenters. The van der Waals surface area contributed by atoms with E-state index in [4.69, 9.17) is 19.9 Å². The average molecular weight is 408 g/mol. The van der Waals surface area contributed by atoms with Gasteiger partial charge >= 0.3 is 5.97 Å². The van der Waals surface area contributed by atoms with Crippen molar-refractivity contribution in [2.24, 2.45) is 5.73 Å². The molecule has 2 aromatic carbocycles. The highest BCUT2D eigenvalue weighted by Crippen LogP contribution is 2.36. The van der Waals surface area contributed by atoms with Gasteiger partial charge in [-0.15, -0.1) is 0 Å². The van der Waals surface area contributed by atoms with Crippen molar-refractivity contribution in [2.75, 3.05) is 13.7 Å². The molecule has 1 atom stereocenters. The summed E-state index contributed by atoms with van der Waals surface area (Å²) in [5, 5.41) is 0. The minimum absolute atomic E-state index is 0.290. The molecule has 0 radical (unpaired) electrons. The number of rotatable bonds is 8. The first kappa shape index (κ1) is 19.3. The second-order valence-corrected chi connectivity index (χ2v) is 6.35. The van der Waals surface area contributed by atoms with E-state index in [0.717, 1.165) is 15.6 Å². The third-order valence-electron chi connectivity index (χ3n) is 3.57. The second-order valence-electron chi connectivity index (χ2n) is 5.43. The van der Waals surface area contributed by atoms with Gasteiger partial charge in [0.15, 0.2) is 11.5 Å². The Morgan fingerprint density at radius 2 is 1.96 bits per heavy atom. The van der Waals surface area contributed by atoms with Crippen LogP contribution in [0.2, 0.25) is 0 Å². The van der Waals surface area contributed by atoms with Crippen LogP contribution in [0.15, 0.2) is 46.9 Å². The summed E-state index contributed by atoms with van der Waals surface area (Å²) in [7, 11) is 1.58. The van der Waals surface area contributed by atoms with Gasteiger partial charge in [0, 0.05) is 16.5 Å². The van der Waals surface area contributed by atoms with E-state index in [1.807, 2.05) is 42.5 Å². The summed E-state index contributed by atoms with van der Waals surface area (Å²) in [6.45, 7) is 2.44. The molecule has 0 saturated heterocycles. The molecule has 0 aliphatic heterocycles. The van der Waals surface area contributed by atoms with Crippen LogP contribution in [0.4, 0.5) is 0 Å². The normalized spacial score (nSPS) is 11.7. The van der Waals surface area contributed by atoms with Gasteiger partial charge in [-0.3, -0.25) is 4.79 Å². The molecule has 0 aliphatic rings. The van der Waals surface area contributed by atoms with Crippen molar-refractivity contribution in [3.63, 3.8) is 0 Å². The zero-order chi connectivity index (χ0) is 18.2. The van der Waals surface area contributed by atoms with Crippen molar-refractivity contribution < 1.29 is 19.0 Å². The number of nitrogens with two attached hydrogens (primary N) is 1. The third kappa shape index (κ3) is 5.47. The molecule has 25 heavy (non-hydrogen) atoms. The Hall–Kier alpha value is -2.05. The Morgan fingerprint density at radius 1 is 1.24 bits per heavy atom. The van der Waals surface area contributed by atoms with Crippen molar-refractivity contribution in [3.05, 3.63) is 58.1 Å². The highest BCUT2D eigenvalue weighted by atomic mass is 79.9. The van der Waals surface area contributed by atoms with Crippen LogP contribution in [0.3, 0.4) is 0 Å². The topological polar surface area (TPSA) is 70.8 Å². The van der Waals surface area contributed by atoms with E-state index in [1.165, 1.54) is 0 Å². The SMILES string of the molecule is CCOC(=O)C(N)Cc1cc(Br)cc(OC)c1OCc1ccccc1. The molecule has 0 aromatic heterocycles. The van der Waals surface area contributed by atoms with Gasteiger partial charge in [-0.1, -0.05) is 46.3 Å². The number of hydrogen-bond donors (Lipinski definition) is 1. The molecule has 2 aromatic rings. The molecule has 0 heterocycles. The van der Waals surface area contributed by atoms with Crippen molar-refractivity contribution >= 4 is 21.9 Å². The Labute approximate surface area is 156 Å². The van der Waals surface area contributed by atoms with Crippen LogP contribution in [0, 0.1) is 0 Å². The van der Waals surface area contributed by atoms with Crippen LogP contribution in [0.1, 0.15) is 18.1 Å². The van der Waals surface area contributed by atoms with E-state index >= 15 is 0 Å². The molecular weight excluding hydrogens is 386 g/mol. The molecule has 0 amide bonds. The summed E-state index contributed by atoms with van der Waals surface area (Å²) in [5.74, 6) is 0.723. The molecule has 2 rings (SSSR count). The van der Waals surface area contributed by atoms with Crippen LogP contribution in [0.25, 0.3) is 0 Å². The first-order valence-corrected chi connectivity index (χ1v) is 8.79. The largest absolute Gasteiger partial charge is 0.493 e. The van der Waals surface area contributed by atoms with Gasteiger partial charge in [0.1, 0.15) is 12.6 Å².